The Morgan fingerprint density at radius 1 is 1.00 bits per heavy atom. The van der Waals surface area contributed by atoms with Crippen LogP contribution in [0.2, 0.25) is 0 Å². The predicted octanol–water partition coefficient (Wildman–Crippen LogP) is 4.36. The van der Waals surface area contributed by atoms with Crippen LogP contribution in [0.3, 0.4) is 0 Å². The highest BCUT2D eigenvalue weighted by atomic mass is 19.4. The second-order valence-electron chi connectivity index (χ2n) is 5.83. The third kappa shape index (κ3) is 3.26. The first-order valence-corrected chi connectivity index (χ1v) is 7.91. The number of halogens is 3. The first-order chi connectivity index (χ1) is 12.9. The molecule has 9 heteroatoms. The van der Waals surface area contributed by atoms with Crippen LogP contribution in [0.5, 0.6) is 0 Å². The van der Waals surface area contributed by atoms with Crippen molar-refractivity contribution in [1.82, 2.24) is 20.2 Å². The molecule has 0 spiro atoms. The Morgan fingerprint density at radius 2 is 1.81 bits per heavy atom. The molecule has 0 atom stereocenters. The number of nitrogen functional groups attached to an aromatic ring is 1. The lowest BCUT2D eigenvalue weighted by molar-refractivity contribution is -0.137. The molecular formula is C18H13F3N6. The van der Waals surface area contributed by atoms with Crippen molar-refractivity contribution >= 4 is 28.4 Å². The molecule has 4 N–H and O–H groups in total. The smallest absolute Gasteiger partial charge is 0.383 e. The van der Waals surface area contributed by atoms with Gasteiger partial charge in [-0.25, -0.2) is 4.98 Å². The van der Waals surface area contributed by atoms with E-state index in [2.05, 4.69) is 25.5 Å². The van der Waals surface area contributed by atoms with Crippen LogP contribution in [0.25, 0.3) is 22.0 Å². The molecule has 0 unspecified atom stereocenters. The van der Waals surface area contributed by atoms with Crippen molar-refractivity contribution in [3.63, 3.8) is 0 Å². The Balaban J connectivity index is 1.66. The van der Waals surface area contributed by atoms with Gasteiger partial charge in [0.1, 0.15) is 5.82 Å². The number of alkyl halides is 3. The van der Waals surface area contributed by atoms with Crippen LogP contribution in [0.15, 0.2) is 54.9 Å². The molecule has 2 aromatic heterocycles. The van der Waals surface area contributed by atoms with E-state index in [9.17, 15) is 13.2 Å². The minimum Gasteiger partial charge on any atom is -0.383 e. The minimum absolute atomic E-state index is 0.106. The standard InChI is InChI=1S/C18H13F3N6/c19-18(20,21)10-3-1-4-11(7-10)25-17-23-8-14(16(22)26-17)12-5-2-6-15-13(12)9-24-27-15/h1-9H,(H,24,27)(H3,22,23,25,26). The number of nitrogens with zero attached hydrogens (tertiary/aromatic N) is 3. The summed E-state index contributed by atoms with van der Waals surface area (Å²) in [5.74, 6) is 0.308. The summed E-state index contributed by atoms with van der Waals surface area (Å²) in [6, 6.07) is 10.4. The van der Waals surface area contributed by atoms with Gasteiger partial charge >= 0.3 is 6.18 Å². The van der Waals surface area contributed by atoms with Gasteiger partial charge in [0.05, 0.1) is 17.3 Å². The molecule has 136 valence electrons. The van der Waals surface area contributed by atoms with Gasteiger partial charge in [0, 0.05) is 22.8 Å². The van der Waals surface area contributed by atoms with E-state index in [0.29, 0.717) is 5.56 Å². The number of H-pyrrole nitrogens is 1. The molecule has 2 aromatic carbocycles. The summed E-state index contributed by atoms with van der Waals surface area (Å²) >= 11 is 0. The summed E-state index contributed by atoms with van der Waals surface area (Å²) in [5.41, 5.74) is 7.78. The maximum Gasteiger partial charge on any atom is 0.416 e. The monoisotopic (exact) mass is 370 g/mol. The van der Waals surface area contributed by atoms with E-state index >= 15 is 0 Å². The predicted molar refractivity (Wildman–Crippen MR) is 96.3 cm³/mol. The highest BCUT2D eigenvalue weighted by Crippen LogP contribution is 2.33. The van der Waals surface area contributed by atoms with Crippen molar-refractivity contribution < 1.29 is 13.2 Å². The average Bonchev–Trinajstić information content (AvgIpc) is 3.10. The lowest BCUT2D eigenvalue weighted by Gasteiger charge is -2.11. The molecule has 0 saturated heterocycles. The highest BCUT2D eigenvalue weighted by Gasteiger charge is 2.30. The van der Waals surface area contributed by atoms with Crippen molar-refractivity contribution in [2.45, 2.75) is 6.18 Å². The lowest BCUT2D eigenvalue weighted by Crippen LogP contribution is -2.06. The molecule has 0 fully saturated rings. The van der Waals surface area contributed by atoms with Gasteiger partial charge in [-0.3, -0.25) is 5.10 Å². The zero-order chi connectivity index (χ0) is 19.0. The summed E-state index contributed by atoms with van der Waals surface area (Å²) < 4.78 is 38.5. The highest BCUT2D eigenvalue weighted by molar-refractivity contribution is 5.96. The van der Waals surface area contributed by atoms with Gasteiger partial charge in [-0.05, 0) is 29.8 Å². The molecule has 0 saturated carbocycles. The number of nitrogens with two attached hydrogens (primary N) is 1. The number of nitrogens with one attached hydrogen (secondary N) is 2. The number of anilines is 3. The fourth-order valence-electron chi connectivity index (χ4n) is 2.77. The normalized spacial score (nSPS) is 11.7. The number of benzene rings is 2. The molecule has 6 nitrogen and oxygen atoms in total. The summed E-state index contributed by atoms with van der Waals surface area (Å²) in [6.45, 7) is 0. The number of aromatic nitrogens is 4. The zero-order valence-electron chi connectivity index (χ0n) is 13.7. The number of hydrogen-bond donors (Lipinski definition) is 3. The quantitative estimate of drug-likeness (QED) is 0.498. The Bertz CT molecular complexity index is 1120. The molecule has 0 aliphatic carbocycles. The van der Waals surface area contributed by atoms with Crippen LogP contribution in [-0.2, 0) is 6.18 Å². The average molecular weight is 370 g/mol. The lowest BCUT2D eigenvalue weighted by atomic mass is 10.0. The SMILES string of the molecule is Nc1nc(Nc2cccc(C(F)(F)F)c2)ncc1-c1cccc2[nH]ncc12. The van der Waals surface area contributed by atoms with Crippen LogP contribution in [0, 0.1) is 0 Å². The Morgan fingerprint density at radius 3 is 2.59 bits per heavy atom. The molecule has 0 radical (unpaired) electrons. The van der Waals surface area contributed by atoms with Crippen LogP contribution < -0.4 is 11.1 Å². The number of aromatic amines is 1. The fraction of sp³-hybridized carbons (Fsp3) is 0.0556. The van der Waals surface area contributed by atoms with Gasteiger partial charge in [0.25, 0.3) is 0 Å². The van der Waals surface area contributed by atoms with Gasteiger partial charge in [-0.15, -0.1) is 0 Å². The summed E-state index contributed by atoms with van der Waals surface area (Å²) in [5, 5.41) is 10.5. The van der Waals surface area contributed by atoms with Crippen molar-refractivity contribution in [3.8, 4) is 11.1 Å². The van der Waals surface area contributed by atoms with Gasteiger partial charge in [-0.1, -0.05) is 18.2 Å². The van der Waals surface area contributed by atoms with Gasteiger partial charge < -0.3 is 11.1 Å². The second kappa shape index (κ2) is 6.27. The number of hydrogen-bond acceptors (Lipinski definition) is 5. The molecule has 0 amide bonds. The van der Waals surface area contributed by atoms with Crippen molar-refractivity contribution in [2.24, 2.45) is 0 Å². The van der Waals surface area contributed by atoms with E-state index in [1.54, 1.807) is 6.20 Å². The van der Waals surface area contributed by atoms with E-state index in [-0.39, 0.29) is 17.5 Å². The molecule has 2 heterocycles. The zero-order valence-corrected chi connectivity index (χ0v) is 13.7. The Labute approximate surface area is 151 Å². The maximum atomic E-state index is 12.8. The Hall–Kier alpha value is -3.62. The van der Waals surface area contributed by atoms with E-state index < -0.39 is 11.7 Å². The minimum atomic E-state index is -4.43. The molecule has 4 rings (SSSR count). The maximum absolute atomic E-state index is 12.8. The van der Waals surface area contributed by atoms with Crippen LogP contribution >= 0.6 is 0 Å². The first kappa shape index (κ1) is 16.8. The van der Waals surface area contributed by atoms with E-state index in [0.717, 1.165) is 28.6 Å². The van der Waals surface area contributed by atoms with Crippen LogP contribution in [0.4, 0.5) is 30.6 Å². The molecule has 0 bridgehead atoms. The van der Waals surface area contributed by atoms with Crippen LogP contribution in [-0.4, -0.2) is 20.2 Å². The summed E-state index contributed by atoms with van der Waals surface area (Å²) in [7, 11) is 0. The molecule has 4 aromatic rings. The van der Waals surface area contributed by atoms with E-state index in [4.69, 9.17) is 5.73 Å². The van der Waals surface area contributed by atoms with E-state index in [1.165, 1.54) is 18.3 Å². The third-order valence-corrected chi connectivity index (χ3v) is 4.04. The number of fused-ring (bicyclic) bond motifs is 1. The number of rotatable bonds is 3. The second-order valence-corrected chi connectivity index (χ2v) is 5.83. The molecule has 0 aliphatic heterocycles. The topological polar surface area (TPSA) is 92.5 Å². The van der Waals surface area contributed by atoms with Gasteiger partial charge in [-0.2, -0.15) is 23.3 Å². The molecular weight excluding hydrogens is 357 g/mol. The molecule has 0 aliphatic rings. The van der Waals surface area contributed by atoms with Crippen molar-refractivity contribution in [1.29, 1.82) is 0 Å². The fourth-order valence-corrected chi connectivity index (χ4v) is 2.77. The largest absolute Gasteiger partial charge is 0.416 e. The van der Waals surface area contributed by atoms with E-state index in [1.807, 2.05) is 18.2 Å². The van der Waals surface area contributed by atoms with Gasteiger partial charge in [0.2, 0.25) is 5.95 Å². The first-order valence-electron chi connectivity index (χ1n) is 7.91. The van der Waals surface area contributed by atoms with Crippen LogP contribution in [0.1, 0.15) is 5.56 Å². The molecule has 27 heavy (non-hydrogen) atoms. The van der Waals surface area contributed by atoms with Crippen molar-refractivity contribution in [3.05, 3.63) is 60.4 Å². The van der Waals surface area contributed by atoms with Gasteiger partial charge in [0.15, 0.2) is 0 Å². The third-order valence-electron chi connectivity index (χ3n) is 4.04. The summed E-state index contributed by atoms with van der Waals surface area (Å²) in [6.07, 6.45) is -1.22. The Kier molecular flexibility index (Phi) is 3.91. The van der Waals surface area contributed by atoms with Crippen molar-refractivity contribution in [2.75, 3.05) is 11.1 Å². The summed E-state index contributed by atoms with van der Waals surface area (Å²) in [4.78, 5) is 8.35.